The first-order valence-electron chi connectivity index (χ1n) is 4.83. The quantitative estimate of drug-likeness (QED) is 0.795. The number of thioether (sulfide) groups is 1. The van der Waals surface area contributed by atoms with Crippen molar-refractivity contribution in [2.75, 3.05) is 6.26 Å². The molecule has 0 saturated heterocycles. The second-order valence-corrected chi connectivity index (χ2v) is 4.28. The first-order chi connectivity index (χ1) is 7.70. The molecule has 3 heteroatoms. The second kappa shape index (κ2) is 4.58. The lowest BCUT2D eigenvalue weighted by Gasteiger charge is -2.04. The van der Waals surface area contributed by atoms with Crippen LogP contribution in [0.2, 0.25) is 0 Å². The molecule has 0 amide bonds. The number of phenols is 1. The van der Waals surface area contributed by atoms with Crippen molar-refractivity contribution < 1.29 is 9.50 Å². The van der Waals surface area contributed by atoms with Crippen LogP contribution in [0, 0.1) is 5.82 Å². The minimum atomic E-state index is -0.593. The zero-order valence-corrected chi connectivity index (χ0v) is 9.59. The Balaban J connectivity index is 2.46. The van der Waals surface area contributed by atoms with E-state index in [4.69, 9.17) is 0 Å². The summed E-state index contributed by atoms with van der Waals surface area (Å²) in [6.45, 7) is 0. The van der Waals surface area contributed by atoms with E-state index in [0.29, 0.717) is 0 Å². The van der Waals surface area contributed by atoms with Gasteiger partial charge in [-0.3, -0.25) is 0 Å². The Morgan fingerprint density at radius 2 is 1.81 bits per heavy atom. The van der Waals surface area contributed by atoms with Crippen LogP contribution in [-0.2, 0) is 0 Å². The molecule has 0 aliphatic carbocycles. The highest BCUT2D eigenvalue weighted by Gasteiger charge is 2.03. The van der Waals surface area contributed by atoms with E-state index in [9.17, 15) is 9.50 Å². The fraction of sp³-hybridized carbons (Fsp3) is 0.0769. The van der Waals surface area contributed by atoms with Crippen LogP contribution in [0.4, 0.5) is 4.39 Å². The van der Waals surface area contributed by atoms with Crippen molar-refractivity contribution in [3.05, 3.63) is 48.3 Å². The van der Waals surface area contributed by atoms with Crippen LogP contribution in [0.5, 0.6) is 5.75 Å². The van der Waals surface area contributed by atoms with Crippen molar-refractivity contribution in [3.63, 3.8) is 0 Å². The van der Waals surface area contributed by atoms with Crippen LogP contribution >= 0.6 is 11.8 Å². The molecular weight excluding hydrogens is 223 g/mol. The maximum absolute atomic E-state index is 12.9. The van der Waals surface area contributed by atoms with Gasteiger partial charge in [-0.1, -0.05) is 18.2 Å². The van der Waals surface area contributed by atoms with Crippen molar-refractivity contribution in [3.8, 4) is 16.9 Å². The number of phenolic OH excluding ortho intramolecular Hbond substituents is 1. The van der Waals surface area contributed by atoms with Gasteiger partial charge in [0, 0.05) is 4.90 Å². The molecule has 2 aromatic carbocycles. The molecule has 0 spiro atoms. The van der Waals surface area contributed by atoms with Crippen molar-refractivity contribution >= 4 is 11.8 Å². The average molecular weight is 234 g/mol. The van der Waals surface area contributed by atoms with Gasteiger partial charge in [0.15, 0.2) is 11.6 Å². The fourth-order valence-electron chi connectivity index (χ4n) is 1.49. The number of hydrogen-bond acceptors (Lipinski definition) is 2. The summed E-state index contributed by atoms with van der Waals surface area (Å²) in [4.78, 5) is 1.14. The highest BCUT2D eigenvalue weighted by atomic mass is 32.2. The van der Waals surface area contributed by atoms with Crippen LogP contribution in [0.1, 0.15) is 0 Å². The molecule has 0 heterocycles. The minimum Gasteiger partial charge on any atom is -0.505 e. The predicted molar refractivity (Wildman–Crippen MR) is 65.3 cm³/mol. The zero-order chi connectivity index (χ0) is 11.5. The summed E-state index contributed by atoms with van der Waals surface area (Å²) in [6.07, 6.45) is 2.00. The molecule has 16 heavy (non-hydrogen) atoms. The molecule has 1 N–H and O–H groups in total. The first-order valence-corrected chi connectivity index (χ1v) is 6.06. The Hall–Kier alpha value is -1.48. The van der Waals surface area contributed by atoms with Gasteiger partial charge in [0.25, 0.3) is 0 Å². The van der Waals surface area contributed by atoms with E-state index in [1.165, 1.54) is 12.1 Å². The number of aromatic hydroxyl groups is 1. The summed E-state index contributed by atoms with van der Waals surface area (Å²) < 4.78 is 12.9. The molecular formula is C13H11FOS. The Morgan fingerprint density at radius 1 is 1.06 bits per heavy atom. The summed E-state index contributed by atoms with van der Waals surface area (Å²) in [5.41, 5.74) is 1.79. The standard InChI is InChI=1S/C13H11FOS/c1-16-11-4-2-3-9(7-11)10-5-6-12(14)13(15)8-10/h2-8,15H,1H3. The van der Waals surface area contributed by atoms with Crippen molar-refractivity contribution in [2.45, 2.75) is 4.90 Å². The molecule has 0 unspecified atom stereocenters. The minimum absolute atomic E-state index is 0.313. The molecule has 0 bridgehead atoms. The molecule has 0 aliphatic heterocycles. The van der Waals surface area contributed by atoms with E-state index in [-0.39, 0.29) is 5.75 Å². The number of rotatable bonds is 2. The lowest BCUT2D eigenvalue weighted by atomic mass is 10.1. The summed E-state index contributed by atoms with van der Waals surface area (Å²) in [6, 6.07) is 12.3. The average Bonchev–Trinajstić information content (AvgIpc) is 2.33. The van der Waals surface area contributed by atoms with E-state index in [0.717, 1.165) is 16.0 Å². The van der Waals surface area contributed by atoms with Crippen molar-refractivity contribution in [1.29, 1.82) is 0 Å². The number of benzene rings is 2. The molecule has 0 fully saturated rings. The van der Waals surface area contributed by atoms with E-state index in [2.05, 4.69) is 0 Å². The van der Waals surface area contributed by atoms with Gasteiger partial charge < -0.3 is 5.11 Å². The van der Waals surface area contributed by atoms with E-state index < -0.39 is 5.82 Å². The largest absolute Gasteiger partial charge is 0.505 e. The van der Waals surface area contributed by atoms with Crippen molar-refractivity contribution in [1.82, 2.24) is 0 Å². The van der Waals surface area contributed by atoms with Crippen LogP contribution in [0.15, 0.2) is 47.4 Å². The maximum atomic E-state index is 12.9. The molecule has 0 atom stereocenters. The highest BCUT2D eigenvalue weighted by Crippen LogP contribution is 2.28. The SMILES string of the molecule is CSc1cccc(-c2ccc(F)c(O)c2)c1. The van der Waals surface area contributed by atoms with Gasteiger partial charge >= 0.3 is 0 Å². The highest BCUT2D eigenvalue weighted by molar-refractivity contribution is 7.98. The molecule has 0 aliphatic rings. The molecule has 1 nitrogen and oxygen atoms in total. The van der Waals surface area contributed by atoms with E-state index >= 15 is 0 Å². The van der Waals surface area contributed by atoms with Crippen LogP contribution < -0.4 is 0 Å². The van der Waals surface area contributed by atoms with Gasteiger partial charge in [-0.15, -0.1) is 11.8 Å². The molecule has 82 valence electrons. The topological polar surface area (TPSA) is 20.2 Å². The fourth-order valence-corrected chi connectivity index (χ4v) is 1.95. The molecule has 0 aromatic heterocycles. The summed E-state index contributed by atoms with van der Waals surface area (Å²) in [5.74, 6) is -0.906. The number of hydrogen-bond donors (Lipinski definition) is 1. The smallest absolute Gasteiger partial charge is 0.164 e. The lowest BCUT2D eigenvalue weighted by molar-refractivity contribution is 0.433. The van der Waals surface area contributed by atoms with E-state index in [1.54, 1.807) is 17.8 Å². The maximum Gasteiger partial charge on any atom is 0.164 e. The third kappa shape index (κ3) is 2.19. The molecule has 2 aromatic rings. The summed E-state index contributed by atoms with van der Waals surface area (Å²) in [5, 5.41) is 9.31. The van der Waals surface area contributed by atoms with Gasteiger partial charge in [-0.25, -0.2) is 4.39 Å². The zero-order valence-electron chi connectivity index (χ0n) is 8.77. The molecule has 2 rings (SSSR count). The van der Waals surface area contributed by atoms with Gasteiger partial charge in [0.1, 0.15) is 0 Å². The van der Waals surface area contributed by atoms with Crippen LogP contribution in [-0.4, -0.2) is 11.4 Å². The third-order valence-electron chi connectivity index (χ3n) is 2.35. The number of halogens is 1. The molecule has 0 radical (unpaired) electrons. The second-order valence-electron chi connectivity index (χ2n) is 3.40. The normalized spacial score (nSPS) is 10.4. The first kappa shape index (κ1) is 11.0. The monoisotopic (exact) mass is 234 g/mol. The van der Waals surface area contributed by atoms with Gasteiger partial charge in [-0.2, -0.15) is 0 Å². The Labute approximate surface area is 97.9 Å². The van der Waals surface area contributed by atoms with Crippen molar-refractivity contribution in [2.24, 2.45) is 0 Å². The lowest BCUT2D eigenvalue weighted by Crippen LogP contribution is -1.81. The van der Waals surface area contributed by atoms with Gasteiger partial charge in [0.2, 0.25) is 0 Å². The predicted octanol–water partition coefficient (Wildman–Crippen LogP) is 3.92. The van der Waals surface area contributed by atoms with E-state index in [1.807, 2.05) is 30.5 Å². The summed E-state index contributed by atoms with van der Waals surface area (Å²) >= 11 is 1.65. The third-order valence-corrected chi connectivity index (χ3v) is 3.07. The van der Waals surface area contributed by atoms with Gasteiger partial charge in [-0.05, 0) is 41.6 Å². The Kier molecular flexibility index (Phi) is 3.15. The Morgan fingerprint density at radius 3 is 2.50 bits per heavy atom. The molecule has 0 saturated carbocycles. The Bertz CT molecular complexity index is 511. The summed E-state index contributed by atoms with van der Waals surface area (Å²) in [7, 11) is 0. The van der Waals surface area contributed by atoms with Crippen LogP contribution in [0.25, 0.3) is 11.1 Å². The van der Waals surface area contributed by atoms with Crippen LogP contribution in [0.3, 0.4) is 0 Å². The van der Waals surface area contributed by atoms with Gasteiger partial charge in [0.05, 0.1) is 0 Å².